The molecule has 23 heavy (non-hydrogen) atoms. The largest absolute Gasteiger partial charge is 0.293 e. The zero-order valence-electron chi connectivity index (χ0n) is 12.4. The van der Waals surface area contributed by atoms with Crippen LogP contribution < -0.4 is 5.56 Å². The molecule has 0 unspecified atom stereocenters. The summed E-state index contributed by atoms with van der Waals surface area (Å²) < 4.78 is 1.46. The molecule has 0 spiro atoms. The van der Waals surface area contributed by atoms with Crippen LogP contribution in [0.2, 0.25) is 0 Å². The summed E-state index contributed by atoms with van der Waals surface area (Å²) in [5.41, 5.74) is 4.30. The molecule has 3 aromatic heterocycles. The van der Waals surface area contributed by atoms with Crippen LogP contribution in [-0.4, -0.2) is 24.6 Å². The van der Waals surface area contributed by atoms with Gasteiger partial charge in [0.15, 0.2) is 5.65 Å². The average molecular weight is 303 g/mol. The minimum atomic E-state index is -0.180. The van der Waals surface area contributed by atoms with Gasteiger partial charge in [-0.3, -0.25) is 19.9 Å². The number of hydrogen-bond acceptors (Lipinski definition) is 4. The van der Waals surface area contributed by atoms with Crippen molar-refractivity contribution >= 4 is 5.65 Å². The van der Waals surface area contributed by atoms with Crippen molar-refractivity contribution < 1.29 is 0 Å². The maximum atomic E-state index is 12.4. The minimum absolute atomic E-state index is 0.180. The van der Waals surface area contributed by atoms with E-state index in [1.807, 2.05) is 37.3 Å². The lowest BCUT2D eigenvalue weighted by atomic mass is 10.1. The first kappa shape index (κ1) is 13.4. The van der Waals surface area contributed by atoms with E-state index in [0.717, 1.165) is 16.8 Å². The molecule has 1 aromatic carbocycles. The zero-order chi connectivity index (χ0) is 15.8. The Morgan fingerprint density at radius 2 is 1.91 bits per heavy atom. The van der Waals surface area contributed by atoms with Gasteiger partial charge < -0.3 is 0 Å². The molecule has 0 bridgehead atoms. The van der Waals surface area contributed by atoms with Crippen LogP contribution >= 0.6 is 0 Å². The Labute approximate surface area is 131 Å². The lowest BCUT2D eigenvalue weighted by Crippen LogP contribution is -2.14. The molecule has 0 fully saturated rings. The van der Waals surface area contributed by atoms with Crippen LogP contribution in [0.3, 0.4) is 0 Å². The SMILES string of the molecule is Cc1[nH]n2c(=O)cc(-c3cnccn3)nc2c1-c1ccccc1. The standard InChI is InChI=1S/C17H13N5O/c1-11-16(12-5-3-2-4-6-12)17-20-13(9-15(23)22(17)21-11)14-10-18-7-8-19-14/h2-10,21H,1H3. The highest BCUT2D eigenvalue weighted by molar-refractivity contribution is 5.80. The third kappa shape index (κ3) is 2.20. The topological polar surface area (TPSA) is 75.9 Å². The van der Waals surface area contributed by atoms with E-state index in [1.54, 1.807) is 18.6 Å². The number of aromatic amines is 1. The molecular formula is C17H13N5O. The number of H-pyrrole nitrogens is 1. The molecule has 0 amide bonds. The highest BCUT2D eigenvalue weighted by atomic mass is 16.1. The first-order chi connectivity index (χ1) is 11.2. The van der Waals surface area contributed by atoms with E-state index in [-0.39, 0.29) is 5.56 Å². The van der Waals surface area contributed by atoms with Gasteiger partial charge in [0.05, 0.1) is 11.9 Å². The van der Waals surface area contributed by atoms with Gasteiger partial charge in [0.25, 0.3) is 5.56 Å². The maximum Gasteiger partial charge on any atom is 0.273 e. The van der Waals surface area contributed by atoms with Crippen LogP contribution in [0.15, 0.2) is 59.8 Å². The smallest absolute Gasteiger partial charge is 0.273 e. The molecule has 6 nitrogen and oxygen atoms in total. The Morgan fingerprint density at radius 1 is 1.09 bits per heavy atom. The summed E-state index contributed by atoms with van der Waals surface area (Å²) >= 11 is 0. The predicted octanol–water partition coefficient (Wildman–Crippen LogP) is 2.46. The van der Waals surface area contributed by atoms with Crippen LogP contribution in [-0.2, 0) is 0 Å². The van der Waals surface area contributed by atoms with Crippen molar-refractivity contribution in [1.29, 1.82) is 0 Å². The van der Waals surface area contributed by atoms with Crippen molar-refractivity contribution in [1.82, 2.24) is 24.6 Å². The third-order valence-electron chi connectivity index (χ3n) is 3.68. The number of benzene rings is 1. The van der Waals surface area contributed by atoms with E-state index in [4.69, 9.17) is 0 Å². The second kappa shape index (κ2) is 5.17. The molecule has 0 saturated heterocycles. The van der Waals surface area contributed by atoms with E-state index in [2.05, 4.69) is 20.1 Å². The van der Waals surface area contributed by atoms with E-state index in [1.165, 1.54) is 10.6 Å². The van der Waals surface area contributed by atoms with E-state index in [0.29, 0.717) is 17.0 Å². The molecule has 4 rings (SSSR count). The van der Waals surface area contributed by atoms with E-state index < -0.39 is 0 Å². The molecule has 112 valence electrons. The number of aromatic nitrogens is 5. The van der Waals surface area contributed by atoms with Crippen molar-refractivity contribution in [2.24, 2.45) is 0 Å². The lowest BCUT2D eigenvalue weighted by molar-refractivity contribution is 0.881. The summed E-state index contributed by atoms with van der Waals surface area (Å²) in [6.07, 6.45) is 4.77. The number of hydrogen-bond donors (Lipinski definition) is 1. The normalized spacial score (nSPS) is 11.0. The van der Waals surface area contributed by atoms with Gasteiger partial charge in [-0.1, -0.05) is 30.3 Å². The first-order valence-corrected chi connectivity index (χ1v) is 7.18. The molecule has 0 radical (unpaired) electrons. The number of nitrogens with one attached hydrogen (secondary N) is 1. The molecule has 3 heterocycles. The average Bonchev–Trinajstić information content (AvgIpc) is 2.93. The van der Waals surface area contributed by atoms with Gasteiger partial charge in [0.2, 0.25) is 0 Å². The van der Waals surface area contributed by atoms with Crippen LogP contribution in [0.25, 0.3) is 28.2 Å². The molecule has 0 atom stereocenters. The predicted molar refractivity (Wildman–Crippen MR) is 87.0 cm³/mol. The number of aryl methyl sites for hydroxylation is 1. The molecule has 0 aliphatic carbocycles. The van der Waals surface area contributed by atoms with Gasteiger partial charge in [-0.2, -0.15) is 0 Å². The fourth-order valence-electron chi connectivity index (χ4n) is 2.66. The monoisotopic (exact) mass is 303 g/mol. The quantitative estimate of drug-likeness (QED) is 0.617. The summed E-state index contributed by atoms with van der Waals surface area (Å²) in [5, 5.41) is 3.08. The number of nitrogens with zero attached hydrogens (tertiary/aromatic N) is 4. The summed E-state index contributed by atoms with van der Waals surface area (Å²) in [7, 11) is 0. The molecule has 4 aromatic rings. The molecule has 1 N–H and O–H groups in total. The summed E-state index contributed by atoms with van der Waals surface area (Å²) in [5.74, 6) is 0. The Balaban J connectivity index is 2.04. The highest BCUT2D eigenvalue weighted by Gasteiger charge is 2.15. The van der Waals surface area contributed by atoms with Crippen molar-refractivity contribution in [3.63, 3.8) is 0 Å². The van der Waals surface area contributed by atoms with Crippen molar-refractivity contribution in [2.45, 2.75) is 6.92 Å². The van der Waals surface area contributed by atoms with Crippen LogP contribution in [0, 0.1) is 6.92 Å². The third-order valence-corrected chi connectivity index (χ3v) is 3.68. The molecule has 0 aliphatic rings. The zero-order valence-corrected chi connectivity index (χ0v) is 12.4. The molecule has 0 aliphatic heterocycles. The highest BCUT2D eigenvalue weighted by Crippen LogP contribution is 2.27. The van der Waals surface area contributed by atoms with E-state index in [9.17, 15) is 4.79 Å². The number of fused-ring (bicyclic) bond motifs is 1. The second-order valence-corrected chi connectivity index (χ2v) is 5.21. The summed E-state index contributed by atoms with van der Waals surface area (Å²) in [6, 6.07) is 11.3. The van der Waals surface area contributed by atoms with Crippen LogP contribution in [0.4, 0.5) is 0 Å². The molecule has 0 saturated carbocycles. The van der Waals surface area contributed by atoms with Crippen LogP contribution in [0.1, 0.15) is 5.69 Å². The Morgan fingerprint density at radius 3 is 2.65 bits per heavy atom. The fourth-order valence-corrected chi connectivity index (χ4v) is 2.66. The Hall–Kier alpha value is -3.28. The maximum absolute atomic E-state index is 12.4. The minimum Gasteiger partial charge on any atom is -0.293 e. The van der Waals surface area contributed by atoms with E-state index >= 15 is 0 Å². The van der Waals surface area contributed by atoms with Crippen LogP contribution in [0.5, 0.6) is 0 Å². The van der Waals surface area contributed by atoms with Crippen molar-refractivity contribution in [2.75, 3.05) is 0 Å². The first-order valence-electron chi connectivity index (χ1n) is 7.18. The van der Waals surface area contributed by atoms with Gasteiger partial charge in [0, 0.05) is 29.7 Å². The molecular weight excluding hydrogens is 290 g/mol. The Kier molecular flexibility index (Phi) is 3.01. The fraction of sp³-hybridized carbons (Fsp3) is 0.0588. The van der Waals surface area contributed by atoms with Gasteiger partial charge >= 0.3 is 0 Å². The Bertz CT molecular complexity index is 1040. The van der Waals surface area contributed by atoms with Gasteiger partial charge in [0.1, 0.15) is 5.69 Å². The second-order valence-electron chi connectivity index (χ2n) is 5.21. The van der Waals surface area contributed by atoms with Crippen molar-refractivity contribution in [3.8, 4) is 22.5 Å². The van der Waals surface area contributed by atoms with Gasteiger partial charge in [-0.15, -0.1) is 0 Å². The number of rotatable bonds is 2. The lowest BCUT2D eigenvalue weighted by Gasteiger charge is -2.02. The summed E-state index contributed by atoms with van der Waals surface area (Å²) in [6.45, 7) is 1.93. The van der Waals surface area contributed by atoms with Gasteiger partial charge in [-0.05, 0) is 12.5 Å². The van der Waals surface area contributed by atoms with Gasteiger partial charge in [-0.25, -0.2) is 9.50 Å². The molecule has 6 heteroatoms. The summed E-state index contributed by atoms with van der Waals surface area (Å²) in [4.78, 5) is 25.3. The van der Waals surface area contributed by atoms with Crippen molar-refractivity contribution in [3.05, 3.63) is 71.0 Å².